The summed E-state index contributed by atoms with van der Waals surface area (Å²) >= 11 is 0. The van der Waals surface area contributed by atoms with Crippen LogP contribution in [0.15, 0.2) is 59.8 Å². The summed E-state index contributed by atoms with van der Waals surface area (Å²) in [6.07, 6.45) is 6.67. The van der Waals surface area contributed by atoms with E-state index in [0.29, 0.717) is 0 Å². The normalized spacial score (nSPS) is 9.92. The Hall–Kier alpha value is -1.52. The zero-order valence-electron chi connectivity index (χ0n) is 15.8. The van der Waals surface area contributed by atoms with Gasteiger partial charge in [-0.2, -0.15) is 0 Å². The molecular weight excluding hydrogens is 373 g/mol. The molecule has 0 saturated carbocycles. The maximum atomic E-state index is 5.75. The number of aromatic nitrogens is 2. The van der Waals surface area contributed by atoms with Crippen LogP contribution in [0.1, 0.15) is 33.7 Å². The van der Waals surface area contributed by atoms with Crippen LogP contribution >= 0.6 is 0 Å². The van der Waals surface area contributed by atoms with Crippen LogP contribution in [0.5, 0.6) is 0 Å². The van der Waals surface area contributed by atoms with Crippen LogP contribution in [0, 0.1) is 6.20 Å². The minimum absolute atomic E-state index is 0. The average molecular weight is 400 g/mol. The van der Waals surface area contributed by atoms with E-state index in [-0.39, 0.29) is 32.7 Å². The summed E-state index contributed by atoms with van der Waals surface area (Å²) in [4.78, 5) is 0. The third kappa shape index (κ3) is 6.18. The molecule has 0 atom stereocenters. The Morgan fingerprint density at radius 2 is 1.88 bits per heavy atom. The molecule has 0 amide bonds. The Kier molecular flexibility index (Phi) is 10.2. The summed E-state index contributed by atoms with van der Waals surface area (Å²) in [6.45, 7) is 4.77. The number of hydrazone groups is 1. The molecule has 0 spiro atoms. The summed E-state index contributed by atoms with van der Waals surface area (Å²) in [6, 6.07) is 16.2. The van der Waals surface area contributed by atoms with E-state index in [4.69, 9.17) is 1.37 Å². The number of hydrogen-bond donors (Lipinski definition) is 0. The van der Waals surface area contributed by atoms with Crippen LogP contribution in [0.2, 0.25) is 0 Å². The van der Waals surface area contributed by atoms with E-state index in [9.17, 15) is 0 Å². The Morgan fingerprint density at radius 1 is 1.21 bits per heavy atom. The van der Waals surface area contributed by atoms with E-state index in [2.05, 4.69) is 28.5 Å². The summed E-state index contributed by atoms with van der Waals surface area (Å²) in [5.41, 5.74) is 3.13. The van der Waals surface area contributed by atoms with E-state index < -0.39 is 0 Å². The fraction of sp³-hybridized carbons (Fsp3) is 0.263. The monoisotopic (exact) mass is 400 g/mol. The van der Waals surface area contributed by atoms with Crippen molar-refractivity contribution in [2.24, 2.45) is 5.10 Å². The van der Waals surface area contributed by atoms with Crippen LogP contribution in [0.25, 0.3) is 5.52 Å². The van der Waals surface area contributed by atoms with Gasteiger partial charge in [-0.05, 0) is 23.3 Å². The largest absolute Gasteiger partial charge is 0.308 e. The van der Waals surface area contributed by atoms with Gasteiger partial charge in [0.25, 0.3) is 0 Å². The molecule has 3 aromatic rings. The van der Waals surface area contributed by atoms with E-state index >= 15 is 0 Å². The minimum atomic E-state index is 0. The molecule has 0 aliphatic rings. The molecule has 24 heavy (non-hydrogen) atoms. The maximum absolute atomic E-state index is 5.75. The van der Waals surface area contributed by atoms with E-state index in [1.807, 2.05) is 68.5 Å². The Bertz CT molecular complexity index is 728. The Morgan fingerprint density at radius 3 is 2.58 bits per heavy atom. The van der Waals surface area contributed by atoms with Gasteiger partial charge in [-0.3, -0.25) is 10.2 Å². The summed E-state index contributed by atoms with van der Waals surface area (Å²) in [7, 11) is 3.20. The van der Waals surface area contributed by atoms with Crippen molar-refractivity contribution in [2.45, 2.75) is 27.8 Å². The number of nitrogens with zero attached hydrogens (tertiary/aromatic N) is 4. The summed E-state index contributed by atoms with van der Waals surface area (Å²) in [5, 5.41) is 10.5. The number of rotatable bonds is 4. The third-order valence-corrected chi connectivity index (χ3v) is 3.03. The van der Waals surface area contributed by atoms with Crippen LogP contribution in [-0.2, 0) is 39.3 Å². The first-order valence-corrected chi connectivity index (χ1v) is 7.47. The molecular formula is C19H25N4Y-. The quantitative estimate of drug-likeness (QED) is 0.373. The van der Waals surface area contributed by atoms with Crippen molar-refractivity contribution in [3.05, 3.63) is 72.1 Å². The van der Waals surface area contributed by atoms with Crippen molar-refractivity contribution in [1.82, 2.24) is 14.6 Å². The van der Waals surface area contributed by atoms with Gasteiger partial charge in [-0.1, -0.05) is 69.9 Å². The third-order valence-electron chi connectivity index (χ3n) is 3.03. The zero-order chi connectivity index (χ0) is 17.8. The van der Waals surface area contributed by atoms with Crippen molar-refractivity contribution in [3.63, 3.8) is 0 Å². The van der Waals surface area contributed by atoms with Gasteiger partial charge in [0.1, 0.15) is 0 Å². The minimum Gasteiger partial charge on any atom is -0.308 e. The topological polar surface area (TPSA) is 32.9 Å². The molecule has 0 fully saturated rings. The molecule has 1 aromatic carbocycles. The van der Waals surface area contributed by atoms with E-state index in [1.165, 1.54) is 13.0 Å². The van der Waals surface area contributed by atoms with Gasteiger partial charge in [0.15, 0.2) is 0 Å². The molecule has 0 bridgehead atoms. The van der Waals surface area contributed by atoms with Crippen molar-refractivity contribution in [1.29, 1.82) is 0 Å². The Balaban J connectivity index is 0.00000108. The molecule has 125 valence electrons. The van der Waals surface area contributed by atoms with Gasteiger partial charge in [0.2, 0.25) is 0 Å². The first-order chi connectivity index (χ1) is 11.8. The average Bonchev–Trinajstić information content (AvgIpc) is 3.07. The predicted octanol–water partition coefficient (Wildman–Crippen LogP) is 4.26. The standard InChI is InChI=1S/C16H15N4.C2H6.CH4.Y/c1-19(13-14-7-3-2-4-8-14)17-11-15-12-18-20-10-6-5-9-16(15)20;1-2;;/h2-11H,13H2,1H3;1-2H3;1H4;/q-1;;;/b17-11+;;;/i;;1T;. The summed E-state index contributed by atoms with van der Waals surface area (Å²) in [5.74, 6) is 0. The van der Waals surface area contributed by atoms with Gasteiger partial charge in [0.05, 0.1) is 6.54 Å². The van der Waals surface area contributed by atoms with Crippen molar-refractivity contribution >= 4 is 11.7 Å². The molecule has 2 heterocycles. The summed E-state index contributed by atoms with van der Waals surface area (Å²) < 4.78 is 7.54. The predicted molar refractivity (Wildman–Crippen MR) is 97.6 cm³/mol. The number of benzene rings is 1. The smallest absolute Gasteiger partial charge is 0.0595 e. The number of fused-ring (bicyclic) bond motifs is 1. The van der Waals surface area contributed by atoms with Gasteiger partial charge in [0, 0.05) is 47.3 Å². The zero-order valence-corrected chi connectivity index (χ0v) is 17.7. The fourth-order valence-electron chi connectivity index (χ4n) is 2.04. The molecule has 0 N–H and O–H groups in total. The van der Waals surface area contributed by atoms with E-state index in [0.717, 1.165) is 17.6 Å². The molecule has 0 unspecified atom stereocenters. The molecule has 0 aliphatic carbocycles. The first kappa shape index (κ1) is 20.5. The van der Waals surface area contributed by atoms with Crippen LogP contribution < -0.4 is 0 Å². The number of pyridine rings is 1. The molecule has 0 saturated heterocycles. The van der Waals surface area contributed by atoms with Crippen LogP contribution in [-0.4, -0.2) is 27.9 Å². The van der Waals surface area contributed by atoms with Crippen LogP contribution in [0.4, 0.5) is 0 Å². The molecule has 0 aliphatic heterocycles. The molecule has 4 nitrogen and oxygen atoms in total. The van der Waals surface area contributed by atoms with Gasteiger partial charge < -0.3 is 9.52 Å². The maximum Gasteiger partial charge on any atom is 0.0595 e. The second-order valence-electron chi connectivity index (χ2n) is 4.60. The van der Waals surface area contributed by atoms with Crippen molar-refractivity contribution < 1.29 is 34.1 Å². The van der Waals surface area contributed by atoms with Gasteiger partial charge in [-0.25, -0.2) is 0 Å². The fourth-order valence-corrected chi connectivity index (χ4v) is 2.04. The van der Waals surface area contributed by atoms with Gasteiger partial charge >= 0.3 is 0 Å². The van der Waals surface area contributed by atoms with E-state index in [1.54, 1.807) is 10.7 Å². The van der Waals surface area contributed by atoms with Gasteiger partial charge in [-0.15, -0.1) is 5.56 Å². The van der Waals surface area contributed by atoms with Crippen molar-refractivity contribution in [2.75, 3.05) is 7.05 Å². The second-order valence-corrected chi connectivity index (χ2v) is 4.60. The second kappa shape index (κ2) is 11.9. The molecule has 1 radical (unpaired) electrons. The first-order valence-electron chi connectivity index (χ1n) is 8.47. The van der Waals surface area contributed by atoms with Crippen molar-refractivity contribution in [3.8, 4) is 0 Å². The Labute approximate surface area is 171 Å². The molecule has 3 rings (SSSR count). The molecule has 2 aromatic heterocycles. The SMILES string of the molecule is CC.CN(Cc1ccccc1)/N=C/c1[c-]nn2ccccc12.[3H]C.[Y]. The van der Waals surface area contributed by atoms with Crippen LogP contribution in [0.3, 0.4) is 0 Å². The molecule has 5 heteroatoms. The number of hydrogen-bond acceptors (Lipinski definition) is 3.